The number of fused-ring (bicyclic) bond motifs is 1. The summed E-state index contributed by atoms with van der Waals surface area (Å²) in [6.07, 6.45) is 3.18. The second kappa shape index (κ2) is 3.97. The standard InChI is InChI=1S/C7H8N4S2/c1-2-12-13-7-5-6(9-3-8-5)10-4-11-7/h3-4H,2H2,1H3,(H,8,9,10,11). The Kier molecular flexibility index (Phi) is 2.70. The molecular weight excluding hydrogens is 204 g/mol. The van der Waals surface area contributed by atoms with Gasteiger partial charge in [-0.05, 0) is 10.8 Å². The van der Waals surface area contributed by atoms with Gasteiger partial charge in [-0.3, -0.25) is 0 Å². The molecule has 0 saturated carbocycles. The van der Waals surface area contributed by atoms with E-state index in [1.807, 2.05) is 0 Å². The third-order valence-corrected chi connectivity index (χ3v) is 3.80. The Balaban J connectivity index is 2.37. The van der Waals surface area contributed by atoms with E-state index in [1.54, 1.807) is 34.2 Å². The SMILES string of the molecule is CCSSc1ncnc2nc[nH]c12. The molecule has 1 N–H and O–H groups in total. The Morgan fingerprint density at radius 1 is 1.38 bits per heavy atom. The fraction of sp³-hybridized carbons (Fsp3) is 0.286. The molecule has 0 aliphatic carbocycles. The second-order valence-electron chi connectivity index (χ2n) is 2.27. The monoisotopic (exact) mass is 212 g/mol. The van der Waals surface area contributed by atoms with Gasteiger partial charge in [0.2, 0.25) is 0 Å². The second-order valence-corrected chi connectivity index (χ2v) is 4.84. The van der Waals surface area contributed by atoms with Gasteiger partial charge < -0.3 is 4.98 Å². The molecule has 0 aliphatic rings. The summed E-state index contributed by atoms with van der Waals surface area (Å²) in [7, 11) is 3.41. The smallest absolute Gasteiger partial charge is 0.181 e. The van der Waals surface area contributed by atoms with E-state index >= 15 is 0 Å². The maximum atomic E-state index is 4.18. The summed E-state index contributed by atoms with van der Waals surface area (Å²) in [5.41, 5.74) is 1.66. The number of hydrogen-bond donors (Lipinski definition) is 1. The molecular formula is C7H8N4S2. The summed E-state index contributed by atoms with van der Waals surface area (Å²) >= 11 is 0. The minimum Gasteiger partial charge on any atom is -0.341 e. The molecule has 0 spiro atoms. The Labute approximate surface area is 83.4 Å². The molecule has 13 heavy (non-hydrogen) atoms. The Hall–Kier alpha value is -0.750. The average Bonchev–Trinajstić information content (AvgIpc) is 2.62. The van der Waals surface area contributed by atoms with Crippen LogP contribution in [0.25, 0.3) is 11.2 Å². The zero-order valence-corrected chi connectivity index (χ0v) is 8.65. The normalized spacial score (nSPS) is 10.8. The number of aromatic nitrogens is 4. The quantitative estimate of drug-likeness (QED) is 0.624. The van der Waals surface area contributed by atoms with E-state index in [4.69, 9.17) is 0 Å². The van der Waals surface area contributed by atoms with Crippen LogP contribution in [0.2, 0.25) is 0 Å². The maximum absolute atomic E-state index is 4.18. The van der Waals surface area contributed by atoms with Crippen molar-refractivity contribution in [1.29, 1.82) is 0 Å². The van der Waals surface area contributed by atoms with Crippen LogP contribution >= 0.6 is 21.6 Å². The summed E-state index contributed by atoms with van der Waals surface area (Å²) in [5.74, 6) is 1.06. The van der Waals surface area contributed by atoms with Crippen molar-refractivity contribution >= 4 is 32.8 Å². The lowest BCUT2D eigenvalue weighted by Gasteiger charge is -1.97. The molecule has 0 fully saturated rings. The van der Waals surface area contributed by atoms with Gasteiger partial charge in [-0.1, -0.05) is 17.7 Å². The van der Waals surface area contributed by atoms with Crippen LogP contribution in [0.15, 0.2) is 17.7 Å². The third kappa shape index (κ3) is 1.78. The molecule has 4 nitrogen and oxygen atoms in total. The molecule has 0 amide bonds. The van der Waals surface area contributed by atoms with E-state index in [2.05, 4.69) is 26.9 Å². The third-order valence-electron chi connectivity index (χ3n) is 1.44. The first-order valence-electron chi connectivity index (χ1n) is 3.85. The highest BCUT2D eigenvalue weighted by atomic mass is 33.1. The highest BCUT2D eigenvalue weighted by Crippen LogP contribution is 2.31. The molecule has 2 heterocycles. The van der Waals surface area contributed by atoms with Gasteiger partial charge in [-0.2, -0.15) is 0 Å². The lowest BCUT2D eigenvalue weighted by molar-refractivity contribution is 1.09. The lowest BCUT2D eigenvalue weighted by atomic mass is 10.6. The van der Waals surface area contributed by atoms with Gasteiger partial charge in [0.1, 0.15) is 16.9 Å². The first-order chi connectivity index (χ1) is 6.42. The van der Waals surface area contributed by atoms with E-state index < -0.39 is 0 Å². The van der Waals surface area contributed by atoms with Gasteiger partial charge >= 0.3 is 0 Å². The van der Waals surface area contributed by atoms with Crippen LogP contribution in [0.3, 0.4) is 0 Å². The number of aromatic amines is 1. The Morgan fingerprint density at radius 3 is 3.15 bits per heavy atom. The molecule has 0 aromatic carbocycles. The first-order valence-corrected chi connectivity index (χ1v) is 6.17. The van der Waals surface area contributed by atoms with Gasteiger partial charge in [0.05, 0.1) is 6.33 Å². The summed E-state index contributed by atoms with van der Waals surface area (Å²) in [6, 6.07) is 0. The summed E-state index contributed by atoms with van der Waals surface area (Å²) in [6.45, 7) is 2.11. The zero-order chi connectivity index (χ0) is 9.10. The minimum atomic E-state index is 0.731. The van der Waals surface area contributed by atoms with Crippen LogP contribution in [-0.2, 0) is 0 Å². The lowest BCUT2D eigenvalue weighted by Crippen LogP contribution is -1.83. The van der Waals surface area contributed by atoms with Crippen LogP contribution in [-0.4, -0.2) is 25.7 Å². The molecule has 2 aromatic heterocycles. The predicted octanol–water partition coefficient (Wildman–Crippen LogP) is 2.11. The summed E-state index contributed by atoms with van der Waals surface area (Å²) in [4.78, 5) is 15.3. The van der Waals surface area contributed by atoms with E-state index in [9.17, 15) is 0 Å². The van der Waals surface area contributed by atoms with Crippen LogP contribution < -0.4 is 0 Å². The number of rotatable bonds is 3. The molecule has 0 saturated heterocycles. The number of nitrogens with one attached hydrogen (secondary N) is 1. The van der Waals surface area contributed by atoms with E-state index in [0.717, 1.165) is 21.9 Å². The van der Waals surface area contributed by atoms with Gasteiger partial charge in [0.25, 0.3) is 0 Å². The molecule has 0 atom stereocenters. The van der Waals surface area contributed by atoms with E-state index in [1.165, 1.54) is 0 Å². The highest BCUT2D eigenvalue weighted by molar-refractivity contribution is 8.76. The number of hydrogen-bond acceptors (Lipinski definition) is 5. The van der Waals surface area contributed by atoms with Crippen LogP contribution in [0.5, 0.6) is 0 Å². The number of nitrogens with zero attached hydrogens (tertiary/aromatic N) is 3. The highest BCUT2D eigenvalue weighted by Gasteiger charge is 2.05. The fourth-order valence-corrected chi connectivity index (χ4v) is 2.54. The number of H-pyrrole nitrogens is 1. The predicted molar refractivity (Wildman–Crippen MR) is 55.7 cm³/mol. The summed E-state index contributed by atoms with van der Waals surface area (Å²) in [5, 5.41) is 0.953. The van der Waals surface area contributed by atoms with Crippen molar-refractivity contribution in [3.8, 4) is 0 Å². The van der Waals surface area contributed by atoms with Crippen molar-refractivity contribution in [2.24, 2.45) is 0 Å². The maximum Gasteiger partial charge on any atom is 0.181 e. The molecule has 2 aromatic rings. The van der Waals surface area contributed by atoms with Crippen molar-refractivity contribution < 1.29 is 0 Å². The van der Waals surface area contributed by atoms with Crippen molar-refractivity contribution in [1.82, 2.24) is 19.9 Å². The Morgan fingerprint density at radius 2 is 2.31 bits per heavy atom. The largest absolute Gasteiger partial charge is 0.341 e. The van der Waals surface area contributed by atoms with Crippen molar-refractivity contribution in [3.63, 3.8) is 0 Å². The van der Waals surface area contributed by atoms with Gasteiger partial charge in [-0.15, -0.1) is 0 Å². The molecule has 0 radical (unpaired) electrons. The summed E-state index contributed by atoms with van der Waals surface area (Å²) < 4.78 is 0. The molecule has 0 aliphatic heterocycles. The van der Waals surface area contributed by atoms with Crippen LogP contribution in [0.1, 0.15) is 6.92 Å². The van der Waals surface area contributed by atoms with Crippen LogP contribution in [0, 0.1) is 0 Å². The zero-order valence-electron chi connectivity index (χ0n) is 7.02. The fourth-order valence-electron chi connectivity index (χ4n) is 0.921. The number of imidazole rings is 1. The first kappa shape index (κ1) is 8.83. The Bertz CT molecular complexity index is 400. The van der Waals surface area contributed by atoms with E-state index in [0.29, 0.717) is 0 Å². The van der Waals surface area contributed by atoms with Gasteiger partial charge in [-0.25, -0.2) is 15.0 Å². The van der Waals surface area contributed by atoms with Crippen molar-refractivity contribution in [3.05, 3.63) is 12.7 Å². The molecule has 2 rings (SSSR count). The van der Waals surface area contributed by atoms with E-state index in [-0.39, 0.29) is 0 Å². The van der Waals surface area contributed by atoms with Crippen molar-refractivity contribution in [2.45, 2.75) is 11.9 Å². The molecule has 0 bridgehead atoms. The molecule has 0 unspecified atom stereocenters. The van der Waals surface area contributed by atoms with Gasteiger partial charge in [0.15, 0.2) is 5.65 Å². The van der Waals surface area contributed by atoms with Crippen LogP contribution in [0.4, 0.5) is 0 Å². The average molecular weight is 212 g/mol. The minimum absolute atomic E-state index is 0.731. The van der Waals surface area contributed by atoms with Gasteiger partial charge in [0, 0.05) is 5.75 Å². The molecule has 6 heteroatoms. The molecule has 68 valence electrons. The topological polar surface area (TPSA) is 54.5 Å². The van der Waals surface area contributed by atoms with Crippen molar-refractivity contribution in [2.75, 3.05) is 5.75 Å².